The highest BCUT2D eigenvalue weighted by Gasteiger charge is 2.18. The van der Waals surface area contributed by atoms with Crippen molar-refractivity contribution in [2.45, 2.75) is 12.8 Å². The smallest absolute Gasteiger partial charge is 0.160 e. The fourth-order valence-electron chi connectivity index (χ4n) is 3.26. The van der Waals surface area contributed by atoms with Gasteiger partial charge in [-0.1, -0.05) is 0 Å². The zero-order valence-corrected chi connectivity index (χ0v) is 16.1. The van der Waals surface area contributed by atoms with E-state index in [9.17, 15) is 0 Å². The Labute approximate surface area is 168 Å². The van der Waals surface area contributed by atoms with Crippen LogP contribution >= 0.6 is 0 Å². The van der Waals surface area contributed by atoms with Gasteiger partial charge in [0.25, 0.3) is 0 Å². The molecule has 4 rings (SSSR count). The lowest BCUT2D eigenvalue weighted by Crippen LogP contribution is -2.33. The van der Waals surface area contributed by atoms with Crippen LogP contribution in [0.4, 0.5) is 17.3 Å². The van der Waals surface area contributed by atoms with Gasteiger partial charge in [-0.05, 0) is 38.9 Å². The number of hydrogen-bond donors (Lipinski definition) is 3. The van der Waals surface area contributed by atoms with Gasteiger partial charge in [0.15, 0.2) is 23.0 Å². The maximum Gasteiger partial charge on any atom is 0.160 e. The van der Waals surface area contributed by atoms with Crippen molar-refractivity contribution in [2.24, 2.45) is 5.92 Å². The molecular weight excluding hydrogens is 368 g/mol. The second kappa shape index (κ2) is 8.62. The molecular formula is C19H22N10. The van der Waals surface area contributed by atoms with E-state index in [0.717, 1.165) is 25.3 Å². The molecule has 3 aromatic heterocycles. The summed E-state index contributed by atoms with van der Waals surface area (Å²) in [5, 5.41) is 24.0. The van der Waals surface area contributed by atoms with Crippen molar-refractivity contribution in [3.05, 3.63) is 36.5 Å². The minimum absolute atomic E-state index is 0.260. The Bertz CT molecular complexity index is 969. The largest absolute Gasteiger partial charge is 0.383 e. The van der Waals surface area contributed by atoms with Gasteiger partial charge in [0, 0.05) is 25.0 Å². The number of aromatic amines is 1. The van der Waals surface area contributed by atoms with E-state index in [-0.39, 0.29) is 5.69 Å². The van der Waals surface area contributed by atoms with Crippen LogP contribution in [0.3, 0.4) is 0 Å². The highest BCUT2D eigenvalue weighted by atomic mass is 15.2. The molecule has 3 N–H and O–H groups in total. The molecule has 3 aromatic rings. The third-order valence-corrected chi connectivity index (χ3v) is 4.96. The molecule has 0 bridgehead atoms. The first-order valence-electron chi connectivity index (χ1n) is 9.50. The van der Waals surface area contributed by atoms with Crippen LogP contribution in [-0.2, 0) is 0 Å². The van der Waals surface area contributed by atoms with E-state index in [1.807, 2.05) is 12.1 Å². The molecule has 4 heterocycles. The predicted molar refractivity (Wildman–Crippen MR) is 108 cm³/mol. The van der Waals surface area contributed by atoms with Crippen LogP contribution in [0.1, 0.15) is 18.5 Å². The van der Waals surface area contributed by atoms with Gasteiger partial charge >= 0.3 is 0 Å². The maximum absolute atomic E-state index is 8.84. The zero-order chi connectivity index (χ0) is 20.1. The van der Waals surface area contributed by atoms with Crippen molar-refractivity contribution in [3.8, 4) is 17.6 Å². The summed E-state index contributed by atoms with van der Waals surface area (Å²) in [5.74, 6) is 2.30. The number of anilines is 3. The summed E-state index contributed by atoms with van der Waals surface area (Å²) in [5.41, 5.74) is 1.77. The SMILES string of the molecule is CN1CCC(CNc2cc(Nc3cnc(C#N)cn3)nnc2-c2ncc[nH]2)CC1. The average Bonchev–Trinajstić information content (AvgIpc) is 3.29. The molecule has 1 saturated heterocycles. The number of H-pyrrole nitrogens is 1. The van der Waals surface area contributed by atoms with Gasteiger partial charge in [0.2, 0.25) is 0 Å². The van der Waals surface area contributed by atoms with Gasteiger partial charge in [0.05, 0.1) is 18.1 Å². The molecule has 148 valence electrons. The highest BCUT2D eigenvalue weighted by Crippen LogP contribution is 2.26. The molecule has 0 spiro atoms. The first-order chi connectivity index (χ1) is 14.2. The summed E-state index contributed by atoms with van der Waals surface area (Å²) >= 11 is 0. The number of likely N-dealkylation sites (tertiary alicyclic amines) is 1. The monoisotopic (exact) mass is 390 g/mol. The van der Waals surface area contributed by atoms with E-state index in [0.29, 0.717) is 29.1 Å². The number of nitrogens with zero attached hydrogens (tertiary/aromatic N) is 7. The molecule has 0 aliphatic carbocycles. The summed E-state index contributed by atoms with van der Waals surface area (Å²) < 4.78 is 0. The number of aromatic nitrogens is 6. The topological polar surface area (TPSA) is 131 Å². The van der Waals surface area contributed by atoms with Crippen LogP contribution in [0.25, 0.3) is 11.5 Å². The van der Waals surface area contributed by atoms with Crippen molar-refractivity contribution in [2.75, 3.05) is 37.3 Å². The molecule has 0 aromatic carbocycles. The van der Waals surface area contributed by atoms with Crippen LogP contribution in [0.2, 0.25) is 0 Å². The van der Waals surface area contributed by atoms with E-state index in [1.54, 1.807) is 12.4 Å². The van der Waals surface area contributed by atoms with E-state index in [1.165, 1.54) is 25.2 Å². The summed E-state index contributed by atoms with van der Waals surface area (Å²) in [6, 6.07) is 3.84. The molecule has 1 aliphatic heterocycles. The van der Waals surface area contributed by atoms with Crippen molar-refractivity contribution < 1.29 is 0 Å². The second-order valence-electron chi connectivity index (χ2n) is 7.08. The maximum atomic E-state index is 8.84. The lowest BCUT2D eigenvalue weighted by Gasteiger charge is -2.29. The lowest BCUT2D eigenvalue weighted by atomic mass is 9.97. The summed E-state index contributed by atoms with van der Waals surface area (Å²) in [7, 11) is 2.16. The fourth-order valence-corrected chi connectivity index (χ4v) is 3.26. The Balaban J connectivity index is 1.53. The molecule has 0 saturated carbocycles. The number of nitriles is 1. The Morgan fingerprint density at radius 1 is 1.17 bits per heavy atom. The molecule has 0 atom stereocenters. The lowest BCUT2D eigenvalue weighted by molar-refractivity contribution is 0.226. The molecule has 1 aliphatic rings. The third kappa shape index (κ3) is 4.64. The number of rotatable bonds is 6. The van der Waals surface area contributed by atoms with Gasteiger partial charge in [-0.3, -0.25) is 0 Å². The molecule has 1 fully saturated rings. The predicted octanol–water partition coefficient (Wildman–Crippen LogP) is 2.03. The Morgan fingerprint density at radius 3 is 2.72 bits per heavy atom. The third-order valence-electron chi connectivity index (χ3n) is 4.96. The molecule has 0 amide bonds. The molecule has 10 heteroatoms. The molecule has 29 heavy (non-hydrogen) atoms. The van der Waals surface area contributed by atoms with Crippen LogP contribution < -0.4 is 10.6 Å². The van der Waals surface area contributed by atoms with Crippen LogP contribution in [0.15, 0.2) is 30.9 Å². The number of hydrogen-bond acceptors (Lipinski definition) is 9. The van der Waals surface area contributed by atoms with E-state index in [4.69, 9.17) is 5.26 Å². The van der Waals surface area contributed by atoms with Crippen molar-refractivity contribution >= 4 is 17.3 Å². The first kappa shape index (κ1) is 18.8. The van der Waals surface area contributed by atoms with Gasteiger partial charge in [-0.25, -0.2) is 15.0 Å². The second-order valence-corrected chi connectivity index (χ2v) is 7.08. The average molecular weight is 390 g/mol. The van der Waals surface area contributed by atoms with Crippen LogP contribution in [0.5, 0.6) is 0 Å². The van der Waals surface area contributed by atoms with E-state index in [2.05, 4.69) is 52.7 Å². The minimum atomic E-state index is 0.260. The number of piperidine rings is 1. The van der Waals surface area contributed by atoms with Gasteiger partial charge in [0.1, 0.15) is 11.9 Å². The van der Waals surface area contributed by atoms with Crippen molar-refractivity contribution in [1.82, 2.24) is 35.0 Å². The summed E-state index contributed by atoms with van der Waals surface area (Å²) in [4.78, 5) is 17.9. The highest BCUT2D eigenvalue weighted by molar-refractivity contribution is 5.72. The summed E-state index contributed by atoms with van der Waals surface area (Å²) in [6.07, 6.45) is 8.69. The molecule has 10 nitrogen and oxygen atoms in total. The van der Waals surface area contributed by atoms with Crippen molar-refractivity contribution in [3.63, 3.8) is 0 Å². The standard InChI is InChI=1S/C19H22N10/c1-29-6-2-13(3-7-29)10-24-15-8-16(26-17-12-23-14(9-20)11-25-17)27-28-18(15)19-21-4-5-22-19/h4-5,8,11-13H,2-3,6-7,10H2,1H3,(H,21,22)(H2,24,25,26,27). The van der Waals surface area contributed by atoms with Gasteiger partial charge in [-0.2, -0.15) is 5.26 Å². The molecule has 0 radical (unpaired) electrons. The van der Waals surface area contributed by atoms with E-state index >= 15 is 0 Å². The number of imidazole rings is 1. The van der Waals surface area contributed by atoms with Crippen molar-refractivity contribution in [1.29, 1.82) is 5.26 Å². The Kier molecular flexibility index (Phi) is 5.58. The Hall–Kier alpha value is -3.58. The Morgan fingerprint density at radius 2 is 2.03 bits per heavy atom. The van der Waals surface area contributed by atoms with Crippen LogP contribution in [0, 0.1) is 17.2 Å². The first-order valence-corrected chi connectivity index (χ1v) is 9.50. The molecule has 0 unspecified atom stereocenters. The summed E-state index contributed by atoms with van der Waals surface area (Å²) in [6.45, 7) is 3.11. The van der Waals surface area contributed by atoms with Gasteiger partial charge in [-0.15, -0.1) is 10.2 Å². The van der Waals surface area contributed by atoms with Crippen LogP contribution in [-0.4, -0.2) is 61.7 Å². The quantitative estimate of drug-likeness (QED) is 0.578. The normalized spacial score (nSPS) is 15.0. The van der Waals surface area contributed by atoms with Gasteiger partial charge < -0.3 is 20.5 Å². The zero-order valence-electron chi connectivity index (χ0n) is 16.1. The fraction of sp³-hybridized carbons (Fsp3) is 0.368. The number of nitrogens with one attached hydrogen (secondary N) is 3. The minimum Gasteiger partial charge on any atom is -0.383 e. The van der Waals surface area contributed by atoms with E-state index < -0.39 is 0 Å².